The summed E-state index contributed by atoms with van der Waals surface area (Å²) in [5, 5.41) is 4.11. The average molecular weight is 369 g/mol. The van der Waals surface area contributed by atoms with Gasteiger partial charge >= 0.3 is 0 Å². The van der Waals surface area contributed by atoms with E-state index in [1.807, 2.05) is 36.4 Å². The third-order valence-corrected chi connectivity index (χ3v) is 3.90. The molecule has 2 rings (SSSR count). The Morgan fingerprint density at radius 1 is 1.14 bits per heavy atom. The zero-order chi connectivity index (χ0) is 15.2. The van der Waals surface area contributed by atoms with Gasteiger partial charge in [0.25, 0.3) is 0 Å². The topological polar surface area (TPSA) is 21.3 Å². The molecular weight excluding hydrogens is 350 g/mol. The number of ether oxygens (including phenoxy) is 1. The Kier molecular flexibility index (Phi) is 6.09. The van der Waals surface area contributed by atoms with E-state index in [9.17, 15) is 0 Å². The fourth-order valence-corrected chi connectivity index (χ4v) is 2.74. The zero-order valence-electron chi connectivity index (χ0n) is 12.1. The summed E-state index contributed by atoms with van der Waals surface area (Å²) in [6.45, 7) is 5.00. The molecule has 21 heavy (non-hydrogen) atoms. The monoisotopic (exact) mass is 367 g/mol. The van der Waals surface area contributed by atoms with Gasteiger partial charge in [0, 0.05) is 17.6 Å². The molecule has 0 radical (unpaired) electrons. The number of rotatable bonds is 6. The van der Waals surface area contributed by atoms with Crippen molar-refractivity contribution in [3.8, 4) is 5.75 Å². The van der Waals surface area contributed by atoms with Gasteiger partial charge in [-0.3, -0.25) is 0 Å². The highest BCUT2D eigenvalue weighted by molar-refractivity contribution is 9.10. The van der Waals surface area contributed by atoms with Crippen LogP contribution >= 0.6 is 27.5 Å². The minimum Gasteiger partial charge on any atom is -0.483 e. The maximum atomic E-state index is 6.17. The van der Waals surface area contributed by atoms with Gasteiger partial charge in [0.05, 0.1) is 4.47 Å². The Morgan fingerprint density at radius 3 is 2.48 bits per heavy atom. The molecule has 0 spiro atoms. The van der Waals surface area contributed by atoms with Crippen LogP contribution in [0.4, 0.5) is 0 Å². The first-order valence-electron chi connectivity index (χ1n) is 6.96. The normalized spacial score (nSPS) is 12.4. The molecule has 2 aromatic carbocycles. The minimum absolute atomic E-state index is 0.0499. The standard InChI is InChI=1S/C17H19BrClNO/c1-12(2)20-11-17(13-6-4-3-5-7-13)21-16-9-8-14(19)10-15(16)18/h3-10,12,17,20H,11H2,1-2H3. The highest BCUT2D eigenvalue weighted by Crippen LogP contribution is 2.31. The van der Waals surface area contributed by atoms with Gasteiger partial charge in [0.1, 0.15) is 11.9 Å². The first kappa shape index (κ1) is 16.3. The summed E-state index contributed by atoms with van der Waals surface area (Å²) >= 11 is 9.47. The van der Waals surface area contributed by atoms with Crippen molar-refractivity contribution < 1.29 is 4.74 Å². The molecule has 0 bridgehead atoms. The molecule has 2 aromatic rings. The van der Waals surface area contributed by atoms with Gasteiger partial charge < -0.3 is 10.1 Å². The maximum Gasteiger partial charge on any atom is 0.136 e. The highest BCUT2D eigenvalue weighted by Gasteiger charge is 2.15. The number of hydrogen-bond donors (Lipinski definition) is 1. The van der Waals surface area contributed by atoms with Crippen LogP contribution in [0.2, 0.25) is 5.02 Å². The van der Waals surface area contributed by atoms with Gasteiger partial charge in [0.15, 0.2) is 0 Å². The number of nitrogens with one attached hydrogen (secondary N) is 1. The second-order valence-electron chi connectivity index (χ2n) is 5.15. The highest BCUT2D eigenvalue weighted by atomic mass is 79.9. The lowest BCUT2D eigenvalue weighted by Crippen LogP contribution is -2.30. The summed E-state index contributed by atoms with van der Waals surface area (Å²) in [4.78, 5) is 0. The molecule has 0 heterocycles. The van der Waals surface area contributed by atoms with Crippen molar-refractivity contribution in [2.75, 3.05) is 6.54 Å². The van der Waals surface area contributed by atoms with Crippen molar-refractivity contribution in [1.29, 1.82) is 0 Å². The van der Waals surface area contributed by atoms with E-state index in [2.05, 4.69) is 47.2 Å². The molecule has 0 saturated carbocycles. The second kappa shape index (κ2) is 7.83. The molecule has 112 valence electrons. The minimum atomic E-state index is -0.0499. The van der Waals surface area contributed by atoms with Crippen molar-refractivity contribution in [3.63, 3.8) is 0 Å². The molecular formula is C17H19BrClNO. The predicted octanol–water partition coefficient (Wildman–Crippen LogP) is 5.22. The molecule has 0 aliphatic rings. The molecule has 0 amide bonds. The van der Waals surface area contributed by atoms with Gasteiger partial charge in [-0.05, 0) is 39.7 Å². The summed E-state index contributed by atoms with van der Waals surface area (Å²) in [7, 11) is 0. The van der Waals surface area contributed by atoms with Crippen LogP contribution in [-0.4, -0.2) is 12.6 Å². The van der Waals surface area contributed by atoms with Crippen LogP contribution in [0, 0.1) is 0 Å². The molecule has 1 unspecified atom stereocenters. The van der Waals surface area contributed by atoms with E-state index in [1.54, 1.807) is 0 Å². The summed E-state index contributed by atoms with van der Waals surface area (Å²) in [5.41, 5.74) is 1.15. The summed E-state index contributed by atoms with van der Waals surface area (Å²) < 4.78 is 7.03. The zero-order valence-corrected chi connectivity index (χ0v) is 14.5. The van der Waals surface area contributed by atoms with Crippen molar-refractivity contribution in [1.82, 2.24) is 5.32 Å². The Bertz CT molecular complexity index is 574. The largest absolute Gasteiger partial charge is 0.483 e. The molecule has 1 N–H and O–H groups in total. The molecule has 0 aromatic heterocycles. The third-order valence-electron chi connectivity index (χ3n) is 3.05. The Hall–Kier alpha value is -1.03. The molecule has 0 aliphatic heterocycles. The number of halogens is 2. The van der Waals surface area contributed by atoms with E-state index >= 15 is 0 Å². The third kappa shape index (κ3) is 5.03. The first-order chi connectivity index (χ1) is 10.1. The van der Waals surface area contributed by atoms with Crippen LogP contribution in [0.5, 0.6) is 5.75 Å². The molecule has 4 heteroatoms. The lowest BCUT2D eigenvalue weighted by Gasteiger charge is -2.22. The van der Waals surface area contributed by atoms with Crippen LogP contribution < -0.4 is 10.1 Å². The van der Waals surface area contributed by atoms with Gasteiger partial charge in [-0.25, -0.2) is 0 Å². The van der Waals surface area contributed by atoms with E-state index in [0.717, 1.165) is 22.3 Å². The van der Waals surface area contributed by atoms with Crippen LogP contribution in [0.3, 0.4) is 0 Å². The average Bonchev–Trinajstić information content (AvgIpc) is 2.46. The fraction of sp³-hybridized carbons (Fsp3) is 0.294. The van der Waals surface area contributed by atoms with Crippen molar-refractivity contribution in [3.05, 3.63) is 63.6 Å². The van der Waals surface area contributed by atoms with Gasteiger partial charge in [-0.1, -0.05) is 55.8 Å². The van der Waals surface area contributed by atoms with Crippen molar-refractivity contribution in [2.45, 2.75) is 26.0 Å². The predicted molar refractivity (Wildman–Crippen MR) is 92.1 cm³/mol. The maximum absolute atomic E-state index is 6.17. The van der Waals surface area contributed by atoms with Gasteiger partial charge in [-0.15, -0.1) is 0 Å². The van der Waals surface area contributed by atoms with Gasteiger partial charge in [0.2, 0.25) is 0 Å². The van der Waals surface area contributed by atoms with Crippen LogP contribution in [-0.2, 0) is 0 Å². The van der Waals surface area contributed by atoms with E-state index in [4.69, 9.17) is 16.3 Å². The number of hydrogen-bond acceptors (Lipinski definition) is 2. The first-order valence-corrected chi connectivity index (χ1v) is 8.13. The smallest absolute Gasteiger partial charge is 0.136 e. The molecule has 2 nitrogen and oxygen atoms in total. The molecule has 0 saturated heterocycles. The van der Waals surface area contributed by atoms with E-state index in [1.165, 1.54) is 0 Å². The molecule has 1 atom stereocenters. The van der Waals surface area contributed by atoms with Crippen molar-refractivity contribution in [2.24, 2.45) is 0 Å². The summed E-state index contributed by atoms with van der Waals surface area (Å²) in [5.74, 6) is 0.791. The van der Waals surface area contributed by atoms with Gasteiger partial charge in [-0.2, -0.15) is 0 Å². The quantitative estimate of drug-likeness (QED) is 0.754. The van der Waals surface area contributed by atoms with Crippen LogP contribution in [0.25, 0.3) is 0 Å². The summed E-state index contributed by atoms with van der Waals surface area (Å²) in [6.07, 6.45) is -0.0499. The van der Waals surface area contributed by atoms with E-state index in [-0.39, 0.29) is 6.10 Å². The number of benzene rings is 2. The SMILES string of the molecule is CC(C)NCC(Oc1ccc(Cl)cc1Br)c1ccccc1. The van der Waals surface area contributed by atoms with Crippen molar-refractivity contribution >= 4 is 27.5 Å². The van der Waals surface area contributed by atoms with Crippen LogP contribution in [0.15, 0.2) is 53.0 Å². The lowest BCUT2D eigenvalue weighted by atomic mass is 10.1. The molecule has 0 aliphatic carbocycles. The Labute approximate surface area is 139 Å². The lowest BCUT2D eigenvalue weighted by molar-refractivity contribution is 0.197. The second-order valence-corrected chi connectivity index (χ2v) is 6.45. The van der Waals surface area contributed by atoms with Crippen LogP contribution in [0.1, 0.15) is 25.5 Å². The van der Waals surface area contributed by atoms with E-state index < -0.39 is 0 Å². The summed E-state index contributed by atoms with van der Waals surface area (Å²) in [6, 6.07) is 16.2. The van der Waals surface area contributed by atoms with E-state index in [0.29, 0.717) is 11.1 Å². The fourth-order valence-electron chi connectivity index (χ4n) is 1.96. The Morgan fingerprint density at radius 2 is 1.86 bits per heavy atom. The Balaban J connectivity index is 2.19. The molecule has 0 fully saturated rings.